The summed E-state index contributed by atoms with van der Waals surface area (Å²) < 4.78 is 0. The maximum absolute atomic E-state index is 4.58. The van der Waals surface area contributed by atoms with Crippen LogP contribution in [0, 0.1) is 6.92 Å². The van der Waals surface area contributed by atoms with Crippen molar-refractivity contribution in [3.8, 4) is 0 Å². The van der Waals surface area contributed by atoms with Gasteiger partial charge in [-0.25, -0.2) is 4.98 Å². The van der Waals surface area contributed by atoms with E-state index < -0.39 is 0 Å². The Morgan fingerprint density at radius 3 is 2.29 bits per heavy atom. The fourth-order valence-electron chi connectivity index (χ4n) is 1.73. The van der Waals surface area contributed by atoms with Crippen LogP contribution >= 0.6 is 0 Å². The number of rotatable bonds is 0. The number of benzene rings is 1. The minimum absolute atomic E-state index is 0.113. The highest BCUT2D eigenvalue weighted by Gasteiger charge is 2.17. The van der Waals surface area contributed by atoms with Crippen LogP contribution in [0.15, 0.2) is 24.4 Å². The van der Waals surface area contributed by atoms with Crippen molar-refractivity contribution >= 4 is 11.0 Å². The first-order valence-electron chi connectivity index (χ1n) is 6.21. The average Bonchev–Trinajstić information content (AvgIpc) is 2.29. The summed E-state index contributed by atoms with van der Waals surface area (Å²) >= 11 is 0. The van der Waals surface area contributed by atoms with Gasteiger partial charge in [-0.1, -0.05) is 46.8 Å². The summed E-state index contributed by atoms with van der Waals surface area (Å²) in [6, 6.07) is 6.19. The van der Waals surface area contributed by atoms with E-state index in [1.165, 1.54) is 5.56 Å². The number of hydrogen-bond donors (Lipinski definition) is 0. The first-order chi connectivity index (χ1) is 7.98. The topological polar surface area (TPSA) is 25.8 Å². The first kappa shape index (κ1) is 13.6. The van der Waals surface area contributed by atoms with Gasteiger partial charge in [0.25, 0.3) is 0 Å². The van der Waals surface area contributed by atoms with E-state index >= 15 is 0 Å². The third-order valence-corrected chi connectivity index (χ3v) is 2.50. The van der Waals surface area contributed by atoms with Gasteiger partial charge in [0.15, 0.2) is 0 Å². The Balaban J connectivity index is 0.000000686. The molecule has 1 aromatic heterocycles. The zero-order chi connectivity index (χ0) is 13.1. The molecule has 17 heavy (non-hydrogen) atoms. The second-order valence-electron chi connectivity index (χ2n) is 4.93. The van der Waals surface area contributed by atoms with Gasteiger partial charge < -0.3 is 0 Å². The van der Waals surface area contributed by atoms with Gasteiger partial charge in [-0.2, -0.15) is 0 Å². The Morgan fingerprint density at radius 2 is 1.71 bits per heavy atom. The predicted octanol–water partition coefficient (Wildman–Crippen LogP) is 4.26. The van der Waals surface area contributed by atoms with Gasteiger partial charge in [0.2, 0.25) is 0 Å². The van der Waals surface area contributed by atoms with Gasteiger partial charge in [0.1, 0.15) is 0 Å². The van der Waals surface area contributed by atoms with Crippen LogP contribution in [0.5, 0.6) is 0 Å². The van der Waals surface area contributed by atoms with Crippen molar-refractivity contribution < 1.29 is 0 Å². The fraction of sp³-hybridized carbons (Fsp3) is 0.467. The van der Waals surface area contributed by atoms with E-state index in [1.54, 1.807) is 0 Å². The van der Waals surface area contributed by atoms with Gasteiger partial charge >= 0.3 is 0 Å². The lowest BCUT2D eigenvalue weighted by Gasteiger charge is -2.20. The quantitative estimate of drug-likeness (QED) is 0.675. The van der Waals surface area contributed by atoms with Crippen molar-refractivity contribution in [1.82, 2.24) is 9.97 Å². The summed E-state index contributed by atoms with van der Waals surface area (Å²) in [4.78, 5) is 8.97. The molecular formula is C15H22N2. The van der Waals surface area contributed by atoms with Crippen LogP contribution in [0.3, 0.4) is 0 Å². The second kappa shape index (κ2) is 5.26. The van der Waals surface area contributed by atoms with E-state index in [0.717, 1.165) is 16.7 Å². The van der Waals surface area contributed by atoms with Crippen LogP contribution in [0.2, 0.25) is 0 Å². The average molecular weight is 230 g/mol. The molecule has 1 heterocycles. The highest BCUT2D eigenvalue weighted by molar-refractivity contribution is 5.78. The molecule has 0 bridgehead atoms. The van der Waals surface area contributed by atoms with E-state index in [9.17, 15) is 0 Å². The van der Waals surface area contributed by atoms with Gasteiger partial charge in [-0.15, -0.1) is 0 Å². The molecule has 2 heteroatoms. The Morgan fingerprint density at radius 1 is 1.06 bits per heavy atom. The lowest BCUT2D eigenvalue weighted by Crippen LogP contribution is -2.12. The Bertz CT molecular complexity index is 496. The van der Waals surface area contributed by atoms with Crippen LogP contribution in [-0.4, -0.2) is 9.97 Å². The monoisotopic (exact) mass is 230 g/mol. The van der Waals surface area contributed by atoms with Crippen molar-refractivity contribution in [3.63, 3.8) is 0 Å². The molecule has 0 aliphatic carbocycles. The van der Waals surface area contributed by atoms with Crippen molar-refractivity contribution in [2.24, 2.45) is 0 Å². The number of nitrogens with zero attached hydrogens (tertiary/aromatic N) is 2. The minimum Gasteiger partial charge on any atom is -0.253 e. The number of aromatic nitrogens is 2. The number of hydrogen-bond acceptors (Lipinski definition) is 2. The van der Waals surface area contributed by atoms with Crippen LogP contribution < -0.4 is 0 Å². The summed E-state index contributed by atoms with van der Waals surface area (Å²) in [7, 11) is 0. The minimum atomic E-state index is 0.113. The molecule has 1 aromatic carbocycles. The fourth-order valence-corrected chi connectivity index (χ4v) is 1.73. The predicted molar refractivity (Wildman–Crippen MR) is 74.3 cm³/mol. The van der Waals surface area contributed by atoms with Gasteiger partial charge in [0.05, 0.1) is 16.7 Å². The largest absolute Gasteiger partial charge is 0.253 e. The lowest BCUT2D eigenvalue weighted by atomic mass is 9.86. The molecule has 2 aromatic rings. The molecule has 0 saturated carbocycles. The van der Waals surface area contributed by atoms with Crippen LogP contribution in [0.4, 0.5) is 0 Å². The van der Waals surface area contributed by atoms with Crippen molar-refractivity contribution in [2.45, 2.75) is 47.0 Å². The summed E-state index contributed by atoms with van der Waals surface area (Å²) in [5, 5.41) is 0. The summed E-state index contributed by atoms with van der Waals surface area (Å²) in [5.41, 5.74) is 4.36. The van der Waals surface area contributed by atoms with Gasteiger partial charge in [-0.3, -0.25) is 4.98 Å². The normalized spacial score (nSPS) is 10.9. The van der Waals surface area contributed by atoms with E-state index in [0.29, 0.717) is 0 Å². The zero-order valence-corrected chi connectivity index (χ0v) is 11.7. The molecule has 0 aliphatic rings. The zero-order valence-electron chi connectivity index (χ0n) is 11.7. The molecule has 0 spiro atoms. The third kappa shape index (κ3) is 3.02. The van der Waals surface area contributed by atoms with Crippen molar-refractivity contribution in [2.75, 3.05) is 0 Å². The molecule has 2 rings (SSSR count). The molecular weight excluding hydrogens is 208 g/mol. The van der Waals surface area contributed by atoms with E-state index in [1.807, 2.05) is 39.1 Å². The smallest absolute Gasteiger partial charge is 0.0927 e. The Hall–Kier alpha value is -1.44. The summed E-state index contributed by atoms with van der Waals surface area (Å²) in [6.07, 6.45) is 1.81. The van der Waals surface area contributed by atoms with Crippen LogP contribution in [0.25, 0.3) is 11.0 Å². The van der Waals surface area contributed by atoms with Crippen LogP contribution in [0.1, 0.15) is 45.9 Å². The molecule has 0 fully saturated rings. The van der Waals surface area contributed by atoms with Crippen molar-refractivity contribution in [1.29, 1.82) is 0 Å². The Labute approximate surface area is 104 Å². The van der Waals surface area contributed by atoms with E-state index in [4.69, 9.17) is 0 Å². The lowest BCUT2D eigenvalue weighted by molar-refractivity contribution is 0.594. The molecule has 92 valence electrons. The molecule has 0 N–H and O–H groups in total. The number of para-hydroxylation sites is 1. The van der Waals surface area contributed by atoms with Gasteiger partial charge in [-0.05, 0) is 24.0 Å². The first-order valence-corrected chi connectivity index (χ1v) is 6.21. The molecule has 0 unspecified atom stereocenters. The standard InChI is InChI=1S/C13H16N2.C2H6/c1-9-8-14-11-7-5-6-10(12(11)15-9)13(2,3)4;1-2/h5-8H,1-4H3;1-2H3. The highest BCUT2D eigenvalue weighted by atomic mass is 14.8. The third-order valence-electron chi connectivity index (χ3n) is 2.50. The summed E-state index contributed by atoms with van der Waals surface area (Å²) in [6.45, 7) is 12.6. The van der Waals surface area contributed by atoms with E-state index in [2.05, 4.69) is 36.8 Å². The van der Waals surface area contributed by atoms with Crippen molar-refractivity contribution in [3.05, 3.63) is 35.7 Å². The Kier molecular flexibility index (Phi) is 4.22. The number of fused-ring (bicyclic) bond motifs is 1. The molecule has 0 saturated heterocycles. The molecule has 0 amide bonds. The molecule has 0 atom stereocenters. The molecule has 0 radical (unpaired) electrons. The molecule has 2 nitrogen and oxygen atoms in total. The van der Waals surface area contributed by atoms with E-state index in [-0.39, 0.29) is 5.41 Å². The number of aryl methyl sites for hydroxylation is 1. The SMILES string of the molecule is CC.Cc1cnc2cccc(C(C)(C)C)c2n1. The maximum atomic E-state index is 4.58. The second-order valence-corrected chi connectivity index (χ2v) is 4.93. The molecule has 0 aliphatic heterocycles. The highest BCUT2D eigenvalue weighted by Crippen LogP contribution is 2.27. The van der Waals surface area contributed by atoms with Crippen LogP contribution in [-0.2, 0) is 5.41 Å². The summed E-state index contributed by atoms with van der Waals surface area (Å²) in [5.74, 6) is 0. The maximum Gasteiger partial charge on any atom is 0.0927 e. The van der Waals surface area contributed by atoms with Gasteiger partial charge in [0, 0.05) is 6.20 Å².